The van der Waals surface area contributed by atoms with Gasteiger partial charge >= 0.3 is 0 Å². The van der Waals surface area contributed by atoms with E-state index in [0.29, 0.717) is 0 Å². The molecule has 0 heterocycles. The Kier molecular flexibility index (Phi) is 4.67. The van der Waals surface area contributed by atoms with Crippen LogP contribution >= 0.6 is 11.8 Å². The van der Waals surface area contributed by atoms with Crippen molar-refractivity contribution < 1.29 is 0 Å². The summed E-state index contributed by atoms with van der Waals surface area (Å²) in [6.45, 7) is 6.40. The molecule has 1 nitrogen and oxygen atoms in total. The molecule has 0 aromatic heterocycles. The molecule has 2 rings (SSSR count). The smallest absolute Gasteiger partial charge is 0.0554 e. The molecule has 0 fully saturated rings. The lowest BCUT2D eigenvalue weighted by Gasteiger charge is -2.16. The lowest BCUT2D eigenvalue weighted by molar-refractivity contribution is 0.858. The average molecular weight is 271 g/mol. The van der Waals surface area contributed by atoms with Gasteiger partial charge in [0.2, 0.25) is 0 Å². The minimum Gasteiger partial charge on any atom is -0.320 e. The summed E-state index contributed by atoms with van der Waals surface area (Å²) in [7, 11) is 0. The third-order valence-corrected chi connectivity index (χ3v) is 4.21. The van der Waals surface area contributed by atoms with E-state index < -0.39 is 0 Å². The molecule has 2 N–H and O–H groups in total. The van der Waals surface area contributed by atoms with Gasteiger partial charge in [-0.2, -0.15) is 0 Å². The summed E-state index contributed by atoms with van der Waals surface area (Å²) in [6.07, 6.45) is 0. The molecule has 0 radical (unpaired) electrons. The maximum atomic E-state index is 6.40. The maximum absolute atomic E-state index is 6.40. The lowest BCUT2D eigenvalue weighted by Crippen LogP contribution is -2.13. The number of nitrogens with two attached hydrogens (primary N) is 1. The van der Waals surface area contributed by atoms with E-state index in [1.165, 1.54) is 27.1 Å². The number of aryl methyl sites for hydroxylation is 2. The molecule has 2 aromatic carbocycles. The van der Waals surface area contributed by atoms with Crippen molar-refractivity contribution in [2.24, 2.45) is 5.73 Å². The zero-order valence-corrected chi connectivity index (χ0v) is 12.6. The molecule has 0 saturated heterocycles. The molecule has 1 atom stereocenters. The molecule has 1 unspecified atom stereocenters. The predicted molar refractivity (Wildman–Crippen MR) is 84.8 cm³/mol. The van der Waals surface area contributed by atoms with Crippen molar-refractivity contribution in [3.63, 3.8) is 0 Å². The number of hydrogen-bond donors (Lipinski definition) is 1. The molecule has 0 amide bonds. The quantitative estimate of drug-likeness (QED) is 0.831. The van der Waals surface area contributed by atoms with Gasteiger partial charge in [0, 0.05) is 4.90 Å². The first-order chi connectivity index (χ1) is 9.11. The first-order valence-electron chi connectivity index (χ1n) is 6.67. The van der Waals surface area contributed by atoms with Crippen molar-refractivity contribution in [2.45, 2.75) is 31.7 Å². The van der Waals surface area contributed by atoms with E-state index in [1.807, 2.05) is 11.8 Å². The first kappa shape index (κ1) is 14.2. The zero-order chi connectivity index (χ0) is 13.8. The predicted octanol–water partition coefficient (Wildman–Crippen LogP) is 4.46. The largest absolute Gasteiger partial charge is 0.320 e. The minimum atomic E-state index is -0.0411. The van der Waals surface area contributed by atoms with Gasteiger partial charge in [0.15, 0.2) is 0 Å². The Morgan fingerprint density at radius 1 is 1.05 bits per heavy atom. The average Bonchev–Trinajstić information content (AvgIpc) is 2.42. The van der Waals surface area contributed by atoms with Crippen LogP contribution in [0, 0.1) is 13.8 Å². The van der Waals surface area contributed by atoms with Crippen LogP contribution in [0.5, 0.6) is 0 Å². The van der Waals surface area contributed by atoms with Crippen molar-refractivity contribution >= 4 is 11.8 Å². The summed E-state index contributed by atoms with van der Waals surface area (Å²) in [6, 6.07) is 15.0. The Balaban J connectivity index is 2.27. The van der Waals surface area contributed by atoms with Gasteiger partial charge in [-0.15, -0.1) is 11.8 Å². The van der Waals surface area contributed by atoms with E-state index in [2.05, 4.69) is 63.2 Å². The van der Waals surface area contributed by atoms with Crippen LogP contribution in [0.3, 0.4) is 0 Å². The summed E-state index contributed by atoms with van der Waals surface area (Å²) in [5.41, 5.74) is 11.3. The maximum Gasteiger partial charge on any atom is 0.0554 e. The molecule has 2 heteroatoms. The Hall–Kier alpha value is -1.25. The molecular formula is C17H21NS. The summed E-state index contributed by atoms with van der Waals surface area (Å²) >= 11 is 1.86. The van der Waals surface area contributed by atoms with Crippen LogP contribution in [0.2, 0.25) is 0 Å². The third kappa shape index (κ3) is 3.40. The molecule has 100 valence electrons. The second kappa shape index (κ2) is 6.27. The van der Waals surface area contributed by atoms with E-state index >= 15 is 0 Å². The van der Waals surface area contributed by atoms with Gasteiger partial charge in [0.05, 0.1) is 6.04 Å². The number of rotatable bonds is 4. The van der Waals surface area contributed by atoms with Gasteiger partial charge in [-0.1, -0.05) is 42.8 Å². The van der Waals surface area contributed by atoms with Gasteiger partial charge < -0.3 is 5.73 Å². The summed E-state index contributed by atoms with van der Waals surface area (Å²) in [5.74, 6) is 1.10. The normalized spacial score (nSPS) is 12.4. The summed E-state index contributed by atoms with van der Waals surface area (Å²) in [4.78, 5) is 1.31. The fourth-order valence-corrected chi connectivity index (χ4v) is 2.87. The SMILES string of the molecule is CCSc1ccc(C(N)c2cc(C)ccc2C)cc1. The summed E-state index contributed by atoms with van der Waals surface area (Å²) < 4.78 is 0. The number of benzene rings is 2. The highest BCUT2D eigenvalue weighted by molar-refractivity contribution is 7.99. The van der Waals surface area contributed by atoms with Crippen LogP contribution in [0.1, 0.15) is 35.2 Å². The van der Waals surface area contributed by atoms with Crippen molar-refractivity contribution in [3.8, 4) is 0 Å². The van der Waals surface area contributed by atoms with Crippen LogP contribution in [0.15, 0.2) is 47.4 Å². The van der Waals surface area contributed by atoms with Crippen LogP contribution in [0.4, 0.5) is 0 Å². The summed E-state index contributed by atoms with van der Waals surface area (Å²) in [5, 5.41) is 0. The zero-order valence-electron chi connectivity index (χ0n) is 11.8. The van der Waals surface area contributed by atoms with Crippen molar-refractivity contribution in [2.75, 3.05) is 5.75 Å². The van der Waals surface area contributed by atoms with Crippen LogP contribution in [0.25, 0.3) is 0 Å². The van der Waals surface area contributed by atoms with E-state index in [1.54, 1.807) is 0 Å². The van der Waals surface area contributed by atoms with Gasteiger partial charge in [-0.25, -0.2) is 0 Å². The van der Waals surface area contributed by atoms with E-state index in [-0.39, 0.29) is 6.04 Å². The second-order valence-corrected chi connectivity index (χ2v) is 6.18. The molecule has 0 spiro atoms. The second-order valence-electron chi connectivity index (χ2n) is 4.84. The lowest BCUT2D eigenvalue weighted by atomic mass is 9.94. The number of hydrogen-bond acceptors (Lipinski definition) is 2. The van der Waals surface area contributed by atoms with Crippen LogP contribution in [-0.4, -0.2) is 5.75 Å². The Morgan fingerprint density at radius 2 is 1.74 bits per heavy atom. The topological polar surface area (TPSA) is 26.0 Å². The molecular weight excluding hydrogens is 250 g/mol. The highest BCUT2D eigenvalue weighted by atomic mass is 32.2. The fourth-order valence-electron chi connectivity index (χ4n) is 2.21. The standard InChI is InChI=1S/C17H21NS/c1-4-19-15-9-7-14(8-10-15)17(18)16-11-12(2)5-6-13(16)3/h5-11,17H,4,18H2,1-3H3. The molecule has 0 aliphatic rings. The van der Waals surface area contributed by atoms with Gasteiger partial charge in [0.1, 0.15) is 0 Å². The van der Waals surface area contributed by atoms with Crippen molar-refractivity contribution in [3.05, 3.63) is 64.7 Å². The molecule has 19 heavy (non-hydrogen) atoms. The number of thioether (sulfide) groups is 1. The van der Waals surface area contributed by atoms with E-state index in [4.69, 9.17) is 5.73 Å². The molecule has 0 bridgehead atoms. The monoisotopic (exact) mass is 271 g/mol. The molecule has 0 aliphatic heterocycles. The fraction of sp³-hybridized carbons (Fsp3) is 0.294. The first-order valence-corrected chi connectivity index (χ1v) is 7.66. The molecule has 0 saturated carbocycles. The van der Waals surface area contributed by atoms with Gasteiger partial charge in [-0.05, 0) is 48.4 Å². The Labute approximate surface area is 120 Å². The van der Waals surface area contributed by atoms with Gasteiger partial charge in [0.25, 0.3) is 0 Å². The van der Waals surface area contributed by atoms with Crippen LogP contribution < -0.4 is 5.73 Å². The highest BCUT2D eigenvalue weighted by Gasteiger charge is 2.11. The van der Waals surface area contributed by atoms with E-state index in [0.717, 1.165) is 5.75 Å². The molecule has 2 aromatic rings. The highest BCUT2D eigenvalue weighted by Crippen LogP contribution is 2.26. The van der Waals surface area contributed by atoms with Gasteiger partial charge in [-0.3, -0.25) is 0 Å². The third-order valence-electron chi connectivity index (χ3n) is 3.32. The Morgan fingerprint density at radius 3 is 2.37 bits per heavy atom. The van der Waals surface area contributed by atoms with E-state index in [9.17, 15) is 0 Å². The minimum absolute atomic E-state index is 0.0411. The van der Waals surface area contributed by atoms with Crippen molar-refractivity contribution in [1.29, 1.82) is 0 Å². The van der Waals surface area contributed by atoms with Crippen molar-refractivity contribution in [1.82, 2.24) is 0 Å². The Bertz CT molecular complexity index is 546. The van der Waals surface area contributed by atoms with Crippen LogP contribution in [-0.2, 0) is 0 Å². The molecule has 0 aliphatic carbocycles.